The molecule has 1 aliphatic rings. The molecule has 7 heteroatoms. The van der Waals surface area contributed by atoms with E-state index in [4.69, 9.17) is 4.52 Å². The Bertz CT molecular complexity index is 521. The van der Waals surface area contributed by atoms with Gasteiger partial charge in [-0.15, -0.1) is 0 Å². The van der Waals surface area contributed by atoms with Gasteiger partial charge in [0.2, 0.25) is 5.91 Å². The number of nitrogens with zero attached hydrogens (tertiary/aromatic N) is 3. The van der Waals surface area contributed by atoms with E-state index in [1.165, 1.54) is 0 Å². The summed E-state index contributed by atoms with van der Waals surface area (Å²) in [6, 6.07) is -0.775. The monoisotopic (exact) mass is 295 g/mol. The fourth-order valence-electron chi connectivity index (χ4n) is 2.85. The van der Waals surface area contributed by atoms with Gasteiger partial charge < -0.3 is 14.5 Å². The summed E-state index contributed by atoms with van der Waals surface area (Å²) in [6.45, 7) is 7.39. The average molecular weight is 295 g/mol. The number of hydrogen-bond acceptors (Lipinski definition) is 5. The molecule has 1 atom stereocenters. The second-order valence-electron chi connectivity index (χ2n) is 5.37. The highest BCUT2D eigenvalue weighted by Crippen LogP contribution is 2.28. The zero-order valence-electron chi connectivity index (χ0n) is 12.6. The first-order valence-electron chi connectivity index (χ1n) is 7.07. The molecule has 1 saturated heterocycles. The lowest BCUT2D eigenvalue weighted by Gasteiger charge is -2.27. The van der Waals surface area contributed by atoms with Crippen molar-refractivity contribution < 1.29 is 19.2 Å². The van der Waals surface area contributed by atoms with Crippen LogP contribution in [0.4, 0.5) is 0 Å². The highest BCUT2D eigenvalue weighted by Gasteiger charge is 2.33. The normalized spacial score (nSPS) is 18.3. The molecule has 21 heavy (non-hydrogen) atoms. The van der Waals surface area contributed by atoms with Gasteiger partial charge in [0, 0.05) is 38.7 Å². The number of amides is 1. The first-order chi connectivity index (χ1) is 9.91. The molecule has 2 heterocycles. The van der Waals surface area contributed by atoms with Crippen LogP contribution in [0, 0.1) is 13.8 Å². The summed E-state index contributed by atoms with van der Waals surface area (Å²) < 4.78 is 5.10. The maximum absolute atomic E-state index is 11.7. The van der Waals surface area contributed by atoms with E-state index in [0.29, 0.717) is 43.2 Å². The van der Waals surface area contributed by atoms with Crippen molar-refractivity contribution in [2.75, 3.05) is 26.2 Å². The molecule has 1 aromatic rings. The van der Waals surface area contributed by atoms with E-state index in [9.17, 15) is 14.7 Å². The Hall–Kier alpha value is -1.89. The number of aliphatic carboxylic acids is 1. The van der Waals surface area contributed by atoms with Gasteiger partial charge in [-0.1, -0.05) is 5.16 Å². The Balaban J connectivity index is 2.24. The van der Waals surface area contributed by atoms with Gasteiger partial charge in [-0.05, 0) is 20.3 Å². The summed E-state index contributed by atoms with van der Waals surface area (Å²) in [6.07, 6.45) is 0.757. The molecule has 0 aliphatic carbocycles. The minimum absolute atomic E-state index is 0.0288. The van der Waals surface area contributed by atoms with Gasteiger partial charge in [-0.25, -0.2) is 0 Å². The largest absolute Gasteiger partial charge is 0.480 e. The van der Waals surface area contributed by atoms with E-state index < -0.39 is 12.0 Å². The molecule has 7 nitrogen and oxygen atoms in total. The Morgan fingerprint density at radius 2 is 1.95 bits per heavy atom. The molecular weight excluding hydrogens is 274 g/mol. The number of hydrogen-bond donors (Lipinski definition) is 1. The lowest BCUT2D eigenvalue weighted by atomic mass is 10.0. The lowest BCUT2D eigenvalue weighted by molar-refractivity contribution is -0.143. The molecule has 0 saturated carbocycles. The third-order valence-electron chi connectivity index (χ3n) is 3.94. The molecule has 1 aromatic heterocycles. The molecule has 116 valence electrons. The van der Waals surface area contributed by atoms with Crippen molar-refractivity contribution in [2.45, 2.75) is 33.2 Å². The van der Waals surface area contributed by atoms with Crippen molar-refractivity contribution in [3.8, 4) is 0 Å². The lowest BCUT2D eigenvalue weighted by Crippen LogP contribution is -2.38. The van der Waals surface area contributed by atoms with Gasteiger partial charge in [0.1, 0.15) is 11.8 Å². The number of carboxylic acid groups (broad SMARTS) is 1. The van der Waals surface area contributed by atoms with Crippen molar-refractivity contribution in [3.05, 3.63) is 17.0 Å². The van der Waals surface area contributed by atoms with Crippen LogP contribution in [0.3, 0.4) is 0 Å². The van der Waals surface area contributed by atoms with Gasteiger partial charge in [-0.3, -0.25) is 14.5 Å². The molecule has 1 fully saturated rings. The molecule has 0 unspecified atom stereocenters. The number of aromatic nitrogens is 1. The highest BCUT2D eigenvalue weighted by molar-refractivity contribution is 5.76. The van der Waals surface area contributed by atoms with Crippen molar-refractivity contribution in [1.82, 2.24) is 15.0 Å². The summed E-state index contributed by atoms with van der Waals surface area (Å²) in [4.78, 5) is 26.8. The Morgan fingerprint density at radius 1 is 1.24 bits per heavy atom. The Morgan fingerprint density at radius 3 is 2.48 bits per heavy atom. The van der Waals surface area contributed by atoms with E-state index in [-0.39, 0.29) is 5.91 Å². The van der Waals surface area contributed by atoms with Gasteiger partial charge in [0.25, 0.3) is 0 Å². The quantitative estimate of drug-likeness (QED) is 0.894. The Labute approximate surface area is 123 Å². The highest BCUT2D eigenvalue weighted by atomic mass is 16.5. The minimum Gasteiger partial charge on any atom is -0.480 e. The average Bonchev–Trinajstić information content (AvgIpc) is 2.65. The molecule has 1 aliphatic heterocycles. The number of carboxylic acids is 1. The zero-order valence-corrected chi connectivity index (χ0v) is 12.6. The fraction of sp³-hybridized carbons (Fsp3) is 0.643. The molecule has 0 bridgehead atoms. The summed E-state index contributed by atoms with van der Waals surface area (Å²) in [5.74, 6) is -0.352. The van der Waals surface area contributed by atoms with Crippen LogP contribution in [-0.2, 0) is 9.59 Å². The number of aryl methyl sites for hydroxylation is 2. The van der Waals surface area contributed by atoms with E-state index in [1.807, 2.05) is 4.90 Å². The molecule has 0 spiro atoms. The van der Waals surface area contributed by atoms with Crippen LogP contribution in [0.15, 0.2) is 4.52 Å². The van der Waals surface area contributed by atoms with Crippen LogP contribution in [-0.4, -0.2) is 58.1 Å². The standard InChI is InChI=1S/C14H21N3O4/c1-9-12(10(2)21-15-9)13(14(19)20)17-6-4-5-16(7-8-17)11(3)18/h13H,4-8H2,1-3H3,(H,19,20)/t13-/m0/s1. The maximum atomic E-state index is 11.7. The Kier molecular flexibility index (Phi) is 4.62. The van der Waals surface area contributed by atoms with Gasteiger partial charge in [-0.2, -0.15) is 0 Å². The first-order valence-corrected chi connectivity index (χ1v) is 7.07. The second kappa shape index (κ2) is 6.26. The van der Waals surface area contributed by atoms with Crippen molar-refractivity contribution in [3.63, 3.8) is 0 Å². The van der Waals surface area contributed by atoms with E-state index in [2.05, 4.69) is 5.16 Å². The van der Waals surface area contributed by atoms with Crippen molar-refractivity contribution in [1.29, 1.82) is 0 Å². The number of rotatable bonds is 3. The van der Waals surface area contributed by atoms with E-state index in [0.717, 1.165) is 6.42 Å². The summed E-state index contributed by atoms with van der Waals surface area (Å²) >= 11 is 0. The van der Waals surface area contributed by atoms with Crippen molar-refractivity contribution >= 4 is 11.9 Å². The predicted octanol–water partition coefficient (Wildman–Crippen LogP) is 0.971. The molecule has 0 radical (unpaired) electrons. The van der Waals surface area contributed by atoms with Crippen LogP contribution in [0.25, 0.3) is 0 Å². The smallest absolute Gasteiger partial charge is 0.325 e. The van der Waals surface area contributed by atoms with Gasteiger partial charge >= 0.3 is 5.97 Å². The van der Waals surface area contributed by atoms with E-state index in [1.54, 1.807) is 25.7 Å². The minimum atomic E-state index is -0.916. The number of carbonyl (C=O) groups excluding carboxylic acids is 1. The second-order valence-corrected chi connectivity index (χ2v) is 5.37. The van der Waals surface area contributed by atoms with Gasteiger partial charge in [0.05, 0.1) is 5.69 Å². The molecule has 2 rings (SSSR count). The zero-order chi connectivity index (χ0) is 15.6. The molecule has 1 amide bonds. The first kappa shape index (κ1) is 15.5. The fourth-order valence-corrected chi connectivity index (χ4v) is 2.85. The third kappa shape index (κ3) is 3.24. The summed E-state index contributed by atoms with van der Waals surface area (Å²) in [5, 5.41) is 13.5. The van der Waals surface area contributed by atoms with Gasteiger partial charge in [0.15, 0.2) is 0 Å². The van der Waals surface area contributed by atoms with E-state index >= 15 is 0 Å². The van der Waals surface area contributed by atoms with Crippen LogP contribution in [0.5, 0.6) is 0 Å². The topological polar surface area (TPSA) is 86.9 Å². The maximum Gasteiger partial charge on any atom is 0.325 e. The van der Waals surface area contributed by atoms with Crippen LogP contribution in [0.1, 0.15) is 36.4 Å². The van der Waals surface area contributed by atoms with Crippen LogP contribution >= 0.6 is 0 Å². The summed E-state index contributed by atoms with van der Waals surface area (Å²) in [5.41, 5.74) is 1.23. The summed E-state index contributed by atoms with van der Waals surface area (Å²) in [7, 11) is 0. The SMILES string of the molecule is CC(=O)N1CCCN([C@H](C(=O)O)c2c(C)noc2C)CC1. The number of carbonyl (C=O) groups is 2. The van der Waals surface area contributed by atoms with Crippen molar-refractivity contribution in [2.24, 2.45) is 0 Å². The van der Waals surface area contributed by atoms with Crippen LogP contribution < -0.4 is 0 Å². The third-order valence-corrected chi connectivity index (χ3v) is 3.94. The predicted molar refractivity (Wildman–Crippen MR) is 74.8 cm³/mol. The molecular formula is C14H21N3O4. The molecule has 0 aromatic carbocycles. The van der Waals surface area contributed by atoms with Crippen LogP contribution in [0.2, 0.25) is 0 Å². The molecule has 1 N–H and O–H groups in total.